The van der Waals surface area contributed by atoms with Gasteiger partial charge in [-0.25, -0.2) is 0 Å². The standard InChI is InChI=1S/C32H40NO/c1-30-16-15-26-20-25-11-12-27(33(2,3)4)21-31(25)17-18-32(26,34-31)29(30)14-13-28(30)24-10-9-22-7-5-6-8-23(22)19-24/h5-10,15,19-20,27-29H,11-14,16-18,21H2,1-4H3/q+1/t27-,28+,29+,30+,31?,32+/m0/s1. The number of hydrogen-bond acceptors (Lipinski definition) is 1. The second kappa shape index (κ2) is 6.86. The van der Waals surface area contributed by atoms with E-state index in [9.17, 15) is 0 Å². The fourth-order valence-corrected chi connectivity index (χ4v) is 9.02. The van der Waals surface area contributed by atoms with Gasteiger partial charge in [0.1, 0.15) is 0 Å². The lowest BCUT2D eigenvalue weighted by molar-refractivity contribution is -0.898. The van der Waals surface area contributed by atoms with E-state index in [1.165, 1.54) is 62.1 Å². The van der Waals surface area contributed by atoms with E-state index in [0.717, 1.165) is 4.48 Å². The average Bonchev–Trinajstić information content (AvgIpc) is 3.33. The molecule has 3 aliphatic carbocycles. The summed E-state index contributed by atoms with van der Waals surface area (Å²) in [5, 5.41) is 2.73. The lowest BCUT2D eigenvalue weighted by atomic mass is 9.58. The van der Waals surface area contributed by atoms with Crippen LogP contribution in [0.5, 0.6) is 0 Å². The van der Waals surface area contributed by atoms with Crippen LogP contribution in [0.3, 0.4) is 0 Å². The third-order valence-electron chi connectivity index (χ3n) is 10.9. The predicted molar refractivity (Wildman–Crippen MR) is 140 cm³/mol. The molecule has 2 spiro atoms. The van der Waals surface area contributed by atoms with Gasteiger partial charge in [0.25, 0.3) is 0 Å². The molecule has 7 rings (SSSR count). The fourth-order valence-electron chi connectivity index (χ4n) is 9.02. The van der Waals surface area contributed by atoms with Crippen molar-refractivity contribution in [2.75, 3.05) is 21.1 Å². The Morgan fingerprint density at radius 3 is 2.59 bits per heavy atom. The Hall–Kier alpha value is -1.90. The van der Waals surface area contributed by atoms with Crippen molar-refractivity contribution in [3.63, 3.8) is 0 Å². The van der Waals surface area contributed by atoms with Gasteiger partial charge in [-0.2, -0.15) is 0 Å². The molecule has 0 amide bonds. The van der Waals surface area contributed by atoms with Crippen molar-refractivity contribution >= 4 is 10.8 Å². The van der Waals surface area contributed by atoms with Crippen molar-refractivity contribution in [3.8, 4) is 0 Å². The van der Waals surface area contributed by atoms with Gasteiger partial charge in [-0.3, -0.25) is 0 Å². The van der Waals surface area contributed by atoms with Crippen molar-refractivity contribution in [1.29, 1.82) is 0 Å². The van der Waals surface area contributed by atoms with Crippen LogP contribution in [0.25, 0.3) is 10.8 Å². The number of rotatable bonds is 2. The van der Waals surface area contributed by atoms with Gasteiger partial charge in [-0.1, -0.05) is 61.5 Å². The lowest BCUT2D eigenvalue weighted by Crippen LogP contribution is -2.57. The first kappa shape index (κ1) is 21.4. The first-order chi connectivity index (χ1) is 16.2. The van der Waals surface area contributed by atoms with Crippen LogP contribution in [0, 0.1) is 11.3 Å². The van der Waals surface area contributed by atoms with Crippen LogP contribution >= 0.6 is 0 Å². The van der Waals surface area contributed by atoms with E-state index in [1.807, 2.05) is 0 Å². The van der Waals surface area contributed by atoms with Gasteiger partial charge < -0.3 is 9.22 Å². The first-order valence-corrected chi connectivity index (χ1v) is 13.7. The number of hydrogen-bond donors (Lipinski definition) is 0. The SMILES string of the molecule is C[C@]12CC=C3C=C4CC[C@H]([N+](C)(C)C)CC45CC[C@]3(O5)[C@@H]1CC[C@@H]2c1ccc2ccccc2c1. The van der Waals surface area contributed by atoms with Crippen molar-refractivity contribution < 1.29 is 9.22 Å². The molecule has 2 nitrogen and oxygen atoms in total. The summed E-state index contributed by atoms with van der Waals surface area (Å²) in [4.78, 5) is 0. The molecule has 0 aromatic heterocycles. The number of fused-ring (bicyclic) bond motifs is 2. The largest absolute Gasteiger partial charge is 0.359 e. The molecular weight excluding hydrogens is 414 g/mol. The maximum atomic E-state index is 7.49. The first-order valence-electron chi connectivity index (χ1n) is 13.7. The quantitative estimate of drug-likeness (QED) is 0.438. The minimum absolute atomic E-state index is 0.00503. The number of nitrogens with zero attached hydrogens (tertiary/aromatic N) is 1. The smallest absolute Gasteiger partial charge is 0.0975 e. The zero-order chi connectivity index (χ0) is 23.3. The molecule has 2 aromatic rings. The highest BCUT2D eigenvalue weighted by Crippen LogP contribution is 2.69. The molecule has 2 saturated carbocycles. The molecule has 6 atom stereocenters. The Labute approximate surface area is 205 Å². The Morgan fingerprint density at radius 2 is 1.76 bits per heavy atom. The van der Waals surface area contributed by atoms with Crippen molar-refractivity contribution in [2.24, 2.45) is 11.3 Å². The highest BCUT2D eigenvalue weighted by molar-refractivity contribution is 5.83. The zero-order valence-corrected chi connectivity index (χ0v) is 21.4. The molecule has 0 N–H and O–H groups in total. The number of allylic oxidation sites excluding steroid dienone is 1. The Balaban J connectivity index is 1.27. The van der Waals surface area contributed by atoms with Crippen LogP contribution in [0.15, 0.2) is 65.8 Å². The van der Waals surface area contributed by atoms with Gasteiger partial charge in [0, 0.05) is 12.8 Å². The van der Waals surface area contributed by atoms with Crippen molar-refractivity contribution in [3.05, 3.63) is 71.3 Å². The Bertz CT molecular complexity index is 1230. The summed E-state index contributed by atoms with van der Waals surface area (Å²) in [5.74, 6) is 1.24. The molecule has 0 radical (unpaired) electrons. The predicted octanol–water partition coefficient (Wildman–Crippen LogP) is 7.16. The minimum Gasteiger partial charge on any atom is -0.359 e. The maximum absolute atomic E-state index is 7.49. The highest BCUT2D eigenvalue weighted by atomic mass is 16.5. The number of ether oxygens (including phenoxy) is 1. The maximum Gasteiger partial charge on any atom is 0.0975 e. The van der Waals surface area contributed by atoms with E-state index in [1.54, 1.807) is 16.7 Å². The van der Waals surface area contributed by atoms with Crippen molar-refractivity contribution in [1.82, 2.24) is 0 Å². The van der Waals surface area contributed by atoms with Gasteiger partial charge in [0.15, 0.2) is 0 Å². The van der Waals surface area contributed by atoms with Crippen LogP contribution in [-0.2, 0) is 4.74 Å². The second-order valence-electron chi connectivity index (χ2n) is 13.3. The highest BCUT2D eigenvalue weighted by Gasteiger charge is 2.67. The van der Waals surface area contributed by atoms with E-state index >= 15 is 0 Å². The van der Waals surface area contributed by atoms with Gasteiger partial charge in [0.05, 0.1) is 38.4 Å². The van der Waals surface area contributed by atoms with Crippen LogP contribution in [0.2, 0.25) is 0 Å². The van der Waals surface area contributed by atoms with E-state index in [4.69, 9.17) is 4.74 Å². The molecule has 1 saturated heterocycles. The molecule has 178 valence electrons. The minimum atomic E-state index is -0.0468. The van der Waals surface area contributed by atoms with Crippen LogP contribution in [-0.4, -0.2) is 42.9 Å². The summed E-state index contributed by atoms with van der Waals surface area (Å²) in [6, 6.07) is 16.8. The molecule has 2 heteroatoms. The van der Waals surface area contributed by atoms with Gasteiger partial charge in [0.2, 0.25) is 0 Å². The van der Waals surface area contributed by atoms with Gasteiger partial charge >= 0.3 is 0 Å². The fraction of sp³-hybridized carbons (Fsp3) is 0.562. The Morgan fingerprint density at radius 1 is 0.941 bits per heavy atom. The molecule has 5 aliphatic rings. The molecule has 2 heterocycles. The molecule has 34 heavy (non-hydrogen) atoms. The van der Waals surface area contributed by atoms with Crippen LogP contribution in [0.4, 0.5) is 0 Å². The monoisotopic (exact) mass is 454 g/mol. The average molecular weight is 455 g/mol. The number of benzene rings is 2. The zero-order valence-electron chi connectivity index (χ0n) is 21.4. The summed E-state index contributed by atoms with van der Waals surface area (Å²) in [5.41, 5.74) is 4.93. The Kier molecular flexibility index (Phi) is 4.31. The molecular formula is C32H40NO+. The lowest BCUT2D eigenvalue weighted by Gasteiger charge is -2.55. The van der Waals surface area contributed by atoms with Crippen LogP contribution < -0.4 is 0 Å². The topological polar surface area (TPSA) is 9.23 Å². The molecule has 2 bridgehead atoms. The summed E-state index contributed by atoms with van der Waals surface area (Å²) in [6.45, 7) is 2.59. The molecule has 1 unspecified atom stereocenters. The van der Waals surface area contributed by atoms with Gasteiger partial charge in [-0.05, 0) is 83.3 Å². The van der Waals surface area contributed by atoms with E-state index in [2.05, 4.69) is 82.7 Å². The summed E-state index contributed by atoms with van der Waals surface area (Å²) >= 11 is 0. The van der Waals surface area contributed by atoms with Gasteiger partial charge in [-0.15, -0.1) is 0 Å². The van der Waals surface area contributed by atoms with Crippen LogP contribution in [0.1, 0.15) is 69.8 Å². The molecule has 3 fully saturated rings. The normalized spacial score (nSPS) is 40.9. The third kappa shape index (κ3) is 2.76. The molecule has 2 aromatic carbocycles. The second-order valence-corrected chi connectivity index (χ2v) is 13.3. The summed E-state index contributed by atoms with van der Waals surface area (Å²) < 4.78 is 8.55. The summed E-state index contributed by atoms with van der Waals surface area (Å²) in [6.07, 6.45) is 15.2. The van der Waals surface area contributed by atoms with E-state index < -0.39 is 0 Å². The summed E-state index contributed by atoms with van der Waals surface area (Å²) in [7, 11) is 7.12. The van der Waals surface area contributed by atoms with E-state index in [0.29, 0.717) is 17.9 Å². The third-order valence-corrected chi connectivity index (χ3v) is 10.9. The van der Waals surface area contributed by atoms with E-state index in [-0.39, 0.29) is 16.6 Å². The molecule has 2 aliphatic heterocycles. The van der Waals surface area contributed by atoms with Crippen molar-refractivity contribution in [2.45, 2.75) is 81.5 Å². The number of quaternary nitrogens is 1.